The van der Waals surface area contributed by atoms with Crippen LogP contribution < -0.4 is 5.32 Å². The molecule has 0 atom stereocenters. The zero-order valence-corrected chi connectivity index (χ0v) is 9.32. The number of halogens is 2. The summed E-state index contributed by atoms with van der Waals surface area (Å²) in [6.45, 7) is 0.305. The molecule has 90 valence electrons. The molecule has 0 unspecified atom stereocenters. The van der Waals surface area contributed by atoms with Crippen molar-refractivity contribution in [1.82, 2.24) is 4.98 Å². The highest BCUT2D eigenvalue weighted by Gasteiger charge is 2.03. The summed E-state index contributed by atoms with van der Waals surface area (Å²) in [6.07, 6.45) is 1.51. The van der Waals surface area contributed by atoms with Gasteiger partial charge in [-0.25, -0.2) is 13.8 Å². The van der Waals surface area contributed by atoms with Gasteiger partial charge in [0.25, 0.3) is 0 Å². The van der Waals surface area contributed by atoms with Crippen LogP contribution in [0.4, 0.5) is 14.6 Å². The summed E-state index contributed by atoms with van der Waals surface area (Å²) in [6, 6.07) is 8.84. The van der Waals surface area contributed by atoms with Crippen LogP contribution in [0.25, 0.3) is 0 Å². The smallest absolute Gasteiger partial charge is 0.159 e. The van der Waals surface area contributed by atoms with Gasteiger partial charge in [-0.1, -0.05) is 6.07 Å². The SMILES string of the molecule is N#Cc1ccnc(NCc2ccc(F)c(F)c2)c1. The van der Waals surface area contributed by atoms with Gasteiger partial charge in [0.1, 0.15) is 5.82 Å². The van der Waals surface area contributed by atoms with Crippen molar-refractivity contribution in [2.45, 2.75) is 6.54 Å². The highest BCUT2D eigenvalue weighted by Crippen LogP contribution is 2.11. The molecule has 3 nitrogen and oxygen atoms in total. The minimum atomic E-state index is -0.881. The van der Waals surface area contributed by atoms with Gasteiger partial charge in [0, 0.05) is 12.7 Å². The lowest BCUT2D eigenvalue weighted by atomic mass is 10.2. The third-order valence-electron chi connectivity index (χ3n) is 2.35. The molecule has 0 aliphatic rings. The van der Waals surface area contributed by atoms with E-state index in [1.54, 1.807) is 12.1 Å². The van der Waals surface area contributed by atoms with E-state index in [4.69, 9.17) is 5.26 Å². The van der Waals surface area contributed by atoms with E-state index in [-0.39, 0.29) is 0 Å². The predicted molar refractivity (Wildman–Crippen MR) is 62.6 cm³/mol. The number of anilines is 1. The normalized spacial score (nSPS) is 9.83. The molecule has 0 saturated carbocycles. The Hall–Kier alpha value is -2.48. The Balaban J connectivity index is 2.07. The van der Waals surface area contributed by atoms with Crippen molar-refractivity contribution in [1.29, 1.82) is 5.26 Å². The second-order valence-corrected chi connectivity index (χ2v) is 3.64. The van der Waals surface area contributed by atoms with Crippen LogP contribution in [0, 0.1) is 23.0 Å². The minimum Gasteiger partial charge on any atom is -0.366 e. The Morgan fingerprint density at radius 1 is 1.17 bits per heavy atom. The third kappa shape index (κ3) is 2.80. The predicted octanol–water partition coefficient (Wildman–Crippen LogP) is 2.84. The number of benzene rings is 1. The summed E-state index contributed by atoms with van der Waals surface area (Å²) in [5.41, 5.74) is 1.08. The standard InChI is InChI=1S/C13H9F2N3/c14-11-2-1-10(5-12(11)15)8-18-13-6-9(7-16)3-4-17-13/h1-6H,8H2,(H,17,18). The van der Waals surface area contributed by atoms with Gasteiger partial charge in [0.15, 0.2) is 11.6 Å². The fraction of sp³-hybridized carbons (Fsp3) is 0.0769. The first-order valence-corrected chi connectivity index (χ1v) is 5.23. The molecule has 0 aliphatic heterocycles. The molecule has 1 heterocycles. The molecule has 18 heavy (non-hydrogen) atoms. The van der Waals surface area contributed by atoms with Crippen molar-refractivity contribution in [3.05, 3.63) is 59.3 Å². The molecular formula is C13H9F2N3. The second-order valence-electron chi connectivity index (χ2n) is 3.64. The topological polar surface area (TPSA) is 48.7 Å². The van der Waals surface area contributed by atoms with Crippen molar-refractivity contribution >= 4 is 5.82 Å². The van der Waals surface area contributed by atoms with E-state index < -0.39 is 11.6 Å². The fourth-order valence-electron chi connectivity index (χ4n) is 1.44. The van der Waals surface area contributed by atoms with Gasteiger partial charge in [-0.05, 0) is 29.8 Å². The number of hydrogen-bond acceptors (Lipinski definition) is 3. The molecule has 0 fully saturated rings. The third-order valence-corrected chi connectivity index (χ3v) is 2.35. The maximum atomic E-state index is 13.0. The molecular weight excluding hydrogens is 236 g/mol. The number of pyridine rings is 1. The van der Waals surface area contributed by atoms with Crippen LogP contribution in [0.2, 0.25) is 0 Å². The molecule has 5 heteroatoms. The monoisotopic (exact) mass is 245 g/mol. The summed E-state index contributed by atoms with van der Waals surface area (Å²) >= 11 is 0. The molecule has 0 spiro atoms. The summed E-state index contributed by atoms with van der Waals surface area (Å²) in [5.74, 6) is -1.24. The molecule has 1 aromatic heterocycles. The van der Waals surface area contributed by atoms with Crippen LogP contribution in [-0.2, 0) is 6.54 Å². The van der Waals surface area contributed by atoms with Gasteiger partial charge in [-0.3, -0.25) is 0 Å². The lowest BCUT2D eigenvalue weighted by Gasteiger charge is -2.06. The van der Waals surface area contributed by atoms with Crippen LogP contribution in [0.5, 0.6) is 0 Å². The van der Waals surface area contributed by atoms with E-state index in [1.165, 1.54) is 12.3 Å². The Bertz CT molecular complexity index is 605. The lowest BCUT2D eigenvalue weighted by molar-refractivity contribution is 0.507. The highest BCUT2D eigenvalue weighted by atomic mass is 19.2. The number of rotatable bonds is 3. The average molecular weight is 245 g/mol. The molecule has 0 saturated heterocycles. The van der Waals surface area contributed by atoms with Gasteiger partial charge >= 0.3 is 0 Å². The van der Waals surface area contributed by atoms with Crippen LogP contribution in [0.15, 0.2) is 36.5 Å². The van der Waals surface area contributed by atoms with E-state index >= 15 is 0 Å². The van der Waals surface area contributed by atoms with E-state index in [0.29, 0.717) is 23.5 Å². The average Bonchev–Trinajstić information content (AvgIpc) is 2.40. The van der Waals surface area contributed by atoms with Crippen molar-refractivity contribution < 1.29 is 8.78 Å². The second kappa shape index (κ2) is 5.23. The molecule has 2 rings (SSSR count). The number of hydrogen-bond donors (Lipinski definition) is 1. The largest absolute Gasteiger partial charge is 0.366 e. The quantitative estimate of drug-likeness (QED) is 0.904. The minimum absolute atomic E-state index is 0.305. The van der Waals surface area contributed by atoms with E-state index in [2.05, 4.69) is 10.3 Å². The molecule has 0 bridgehead atoms. The van der Waals surface area contributed by atoms with Crippen molar-refractivity contribution in [3.8, 4) is 6.07 Å². The van der Waals surface area contributed by atoms with E-state index in [9.17, 15) is 8.78 Å². The first-order chi connectivity index (χ1) is 8.69. The Labute approximate surface area is 103 Å². The van der Waals surface area contributed by atoms with Gasteiger partial charge in [-0.15, -0.1) is 0 Å². The van der Waals surface area contributed by atoms with Crippen LogP contribution >= 0.6 is 0 Å². The van der Waals surface area contributed by atoms with E-state index in [1.807, 2.05) is 6.07 Å². The molecule has 2 aromatic rings. The Morgan fingerprint density at radius 3 is 2.72 bits per heavy atom. The summed E-state index contributed by atoms with van der Waals surface area (Å²) in [5, 5.41) is 11.6. The van der Waals surface area contributed by atoms with Crippen molar-refractivity contribution in [2.24, 2.45) is 0 Å². The first kappa shape index (κ1) is 12.0. The van der Waals surface area contributed by atoms with Crippen LogP contribution in [0.1, 0.15) is 11.1 Å². The molecule has 1 N–H and O–H groups in total. The van der Waals surface area contributed by atoms with Gasteiger partial charge in [-0.2, -0.15) is 5.26 Å². The number of nitriles is 1. The summed E-state index contributed by atoms with van der Waals surface area (Å²) in [4.78, 5) is 4.01. The summed E-state index contributed by atoms with van der Waals surface area (Å²) in [7, 11) is 0. The number of nitrogens with one attached hydrogen (secondary N) is 1. The Kier molecular flexibility index (Phi) is 3.49. The summed E-state index contributed by atoms with van der Waals surface area (Å²) < 4.78 is 25.7. The molecule has 0 aliphatic carbocycles. The lowest BCUT2D eigenvalue weighted by Crippen LogP contribution is -2.02. The first-order valence-electron chi connectivity index (χ1n) is 5.23. The van der Waals surface area contributed by atoms with Crippen LogP contribution in [0.3, 0.4) is 0 Å². The molecule has 0 radical (unpaired) electrons. The molecule has 1 aromatic carbocycles. The molecule has 0 amide bonds. The number of aromatic nitrogens is 1. The maximum absolute atomic E-state index is 13.0. The maximum Gasteiger partial charge on any atom is 0.159 e. The highest BCUT2D eigenvalue weighted by molar-refractivity contribution is 5.42. The van der Waals surface area contributed by atoms with Gasteiger partial charge in [0.05, 0.1) is 11.6 Å². The zero-order valence-electron chi connectivity index (χ0n) is 9.32. The van der Waals surface area contributed by atoms with Crippen molar-refractivity contribution in [3.63, 3.8) is 0 Å². The van der Waals surface area contributed by atoms with Crippen molar-refractivity contribution in [2.75, 3.05) is 5.32 Å². The zero-order chi connectivity index (χ0) is 13.0. The van der Waals surface area contributed by atoms with Crippen LogP contribution in [-0.4, -0.2) is 4.98 Å². The van der Waals surface area contributed by atoms with Gasteiger partial charge in [0.2, 0.25) is 0 Å². The van der Waals surface area contributed by atoms with E-state index in [0.717, 1.165) is 12.1 Å². The fourth-order valence-corrected chi connectivity index (χ4v) is 1.44. The Morgan fingerprint density at radius 2 is 2.00 bits per heavy atom. The van der Waals surface area contributed by atoms with Gasteiger partial charge < -0.3 is 5.32 Å². The number of nitrogens with zero attached hydrogens (tertiary/aromatic N) is 2.